The van der Waals surface area contributed by atoms with Gasteiger partial charge in [0.2, 0.25) is 0 Å². The van der Waals surface area contributed by atoms with Crippen molar-refractivity contribution in [3.8, 4) is 0 Å². The molecule has 0 unspecified atom stereocenters. The Morgan fingerprint density at radius 3 is 1.64 bits per heavy atom. The number of hydrogen-bond donors (Lipinski definition) is 0. The van der Waals surface area contributed by atoms with Crippen LogP contribution in [0, 0.1) is 5.77 Å². The van der Waals surface area contributed by atoms with Gasteiger partial charge in [-0.2, -0.15) is 0 Å². The quantitative estimate of drug-likeness (QED) is 0.161. The van der Waals surface area contributed by atoms with Gasteiger partial charge in [0.25, 0.3) is 11.8 Å². The number of rotatable bonds is 11. The first-order chi connectivity index (χ1) is 12.0. The predicted molar refractivity (Wildman–Crippen MR) is 122 cm³/mol. The minimum Gasteiger partial charge on any atom is -0.271 e. The van der Waals surface area contributed by atoms with Gasteiger partial charge in [-0.15, -0.1) is 11.3 Å². The summed E-state index contributed by atoms with van der Waals surface area (Å²) >= 11 is 5.94. The molecule has 2 heterocycles. The molecule has 0 N–H and O–H groups in total. The lowest BCUT2D eigenvalue weighted by molar-refractivity contribution is 0.0562. The summed E-state index contributed by atoms with van der Waals surface area (Å²) < 4.78 is 1.90. The Hall–Kier alpha value is 0.300. The van der Waals surface area contributed by atoms with Crippen molar-refractivity contribution in [2.45, 2.75) is 84.1 Å². The predicted octanol–water partition coefficient (Wildman–Crippen LogP) is 6.86. The number of halogens is 2. The van der Waals surface area contributed by atoms with Gasteiger partial charge >= 0.3 is 0 Å². The highest BCUT2D eigenvalue weighted by Crippen LogP contribution is 2.39. The van der Waals surface area contributed by atoms with E-state index in [4.69, 9.17) is 0 Å². The molecule has 0 fully saturated rings. The summed E-state index contributed by atoms with van der Waals surface area (Å²) in [5.74, 6) is -0.112. The Bertz CT molecular complexity index is 566. The van der Waals surface area contributed by atoms with Crippen LogP contribution < -0.4 is 0 Å². The SMILES string of the molecule is CCCCCCC(CCCCCC)N1C(=O)c2c(I)sc(I)c2C1=O. The molecule has 0 aromatic carbocycles. The zero-order valence-corrected chi connectivity index (χ0v) is 20.2. The van der Waals surface area contributed by atoms with E-state index in [2.05, 4.69) is 59.0 Å². The van der Waals surface area contributed by atoms with Crippen LogP contribution in [0.15, 0.2) is 0 Å². The van der Waals surface area contributed by atoms with Crippen LogP contribution in [0.25, 0.3) is 0 Å². The molecule has 0 radical (unpaired) electrons. The van der Waals surface area contributed by atoms with Crippen molar-refractivity contribution in [1.29, 1.82) is 0 Å². The van der Waals surface area contributed by atoms with Gasteiger partial charge < -0.3 is 0 Å². The van der Waals surface area contributed by atoms with Gasteiger partial charge in [0.15, 0.2) is 0 Å². The second-order valence-corrected chi connectivity index (χ2v) is 11.4. The lowest BCUT2D eigenvalue weighted by Gasteiger charge is -2.26. The van der Waals surface area contributed by atoms with Crippen LogP contribution in [0.4, 0.5) is 0 Å². The molecule has 1 aromatic rings. The molecule has 0 saturated heterocycles. The number of imide groups is 1. The maximum atomic E-state index is 13.0. The Balaban J connectivity index is 2.11. The van der Waals surface area contributed by atoms with E-state index in [0.29, 0.717) is 11.1 Å². The van der Waals surface area contributed by atoms with E-state index < -0.39 is 0 Å². The number of carbonyl (C=O) groups is 2. The van der Waals surface area contributed by atoms with E-state index in [1.54, 1.807) is 16.2 Å². The van der Waals surface area contributed by atoms with Crippen molar-refractivity contribution in [3.05, 3.63) is 16.9 Å². The highest BCUT2D eigenvalue weighted by Gasteiger charge is 2.43. The minimum absolute atomic E-state index is 0.0560. The fourth-order valence-corrected chi connectivity index (χ4v) is 7.77. The fraction of sp³-hybridized carbons (Fsp3) is 0.684. The molecule has 25 heavy (non-hydrogen) atoms. The third kappa shape index (κ3) is 5.18. The Kier molecular flexibility index (Phi) is 9.15. The fourth-order valence-electron chi connectivity index (χ4n) is 3.44. The van der Waals surface area contributed by atoms with E-state index in [1.807, 2.05) is 0 Å². The molecular weight excluding hydrogens is 560 g/mol. The molecule has 140 valence electrons. The summed E-state index contributed by atoms with van der Waals surface area (Å²) in [6, 6.07) is 0.0673. The summed E-state index contributed by atoms with van der Waals surface area (Å²) in [5.41, 5.74) is 1.32. The van der Waals surface area contributed by atoms with Crippen molar-refractivity contribution in [3.63, 3.8) is 0 Å². The number of amides is 2. The average Bonchev–Trinajstić information content (AvgIpc) is 3.02. The first-order valence-electron chi connectivity index (χ1n) is 9.38. The first-order valence-corrected chi connectivity index (χ1v) is 12.4. The standard InChI is InChI=1S/C19H27I2NO2S/c1-3-5-7-9-11-13(12-10-8-6-4-2)22-18(23)14-15(19(22)24)17(21)25-16(14)20/h13H,3-12H2,1-2H3. The monoisotopic (exact) mass is 587 g/mol. The molecule has 0 spiro atoms. The highest BCUT2D eigenvalue weighted by molar-refractivity contribution is 14.1. The number of thiophene rings is 1. The summed E-state index contributed by atoms with van der Waals surface area (Å²) in [6.07, 6.45) is 11.3. The molecule has 6 heteroatoms. The lowest BCUT2D eigenvalue weighted by atomic mass is 9.99. The third-order valence-electron chi connectivity index (χ3n) is 4.83. The molecular formula is C19H27I2NO2S. The van der Waals surface area contributed by atoms with Crippen LogP contribution in [-0.4, -0.2) is 22.8 Å². The van der Waals surface area contributed by atoms with Gasteiger partial charge in [0, 0.05) is 6.04 Å². The van der Waals surface area contributed by atoms with Gasteiger partial charge in [-0.05, 0) is 58.0 Å². The van der Waals surface area contributed by atoms with Gasteiger partial charge in [0.1, 0.15) is 0 Å². The van der Waals surface area contributed by atoms with Gasteiger partial charge in [-0.25, -0.2) is 0 Å². The summed E-state index contributed by atoms with van der Waals surface area (Å²) in [6.45, 7) is 4.41. The van der Waals surface area contributed by atoms with Crippen molar-refractivity contribution < 1.29 is 9.59 Å². The zero-order valence-electron chi connectivity index (χ0n) is 15.1. The second-order valence-electron chi connectivity index (χ2n) is 6.73. The number of carbonyl (C=O) groups excluding carboxylic acids is 2. The molecule has 2 rings (SSSR count). The lowest BCUT2D eigenvalue weighted by Crippen LogP contribution is -2.40. The van der Waals surface area contributed by atoms with Gasteiger partial charge in [0.05, 0.1) is 16.9 Å². The van der Waals surface area contributed by atoms with E-state index in [0.717, 1.165) is 31.5 Å². The van der Waals surface area contributed by atoms with Crippen LogP contribution in [0.2, 0.25) is 0 Å². The number of hydrogen-bond acceptors (Lipinski definition) is 3. The molecule has 0 aliphatic carbocycles. The van der Waals surface area contributed by atoms with E-state index >= 15 is 0 Å². The summed E-state index contributed by atoms with van der Waals surface area (Å²) in [4.78, 5) is 27.5. The molecule has 3 nitrogen and oxygen atoms in total. The molecule has 0 bridgehead atoms. The smallest absolute Gasteiger partial charge is 0.263 e. The van der Waals surface area contributed by atoms with Crippen LogP contribution in [-0.2, 0) is 0 Å². The van der Waals surface area contributed by atoms with Crippen molar-refractivity contribution in [2.75, 3.05) is 0 Å². The Morgan fingerprint density at radius 1 is 0.800 bits per heavy atom. The van der Waals surface area contributed by atoms with Gasteiger partial charge in [-0.1, -0.05) is 65.2 Å². The summed E-state index contributed by atoms with van der Waals surface area (Å²) in [7, 11) is 0. The van der Waals surface area contributed by atoms with Crippen LogP contribution in [0.5, 0.6) is 0 Å². The molecule has 2 amide bonds. The van der Waals surface area contributed by atoms with E-state index in [-0.39, 0.29) is 17.9 Å². The number of nitrogens with zero attached hydrogens (tertiary/aromatic N) is 1. The maximum Gasteiger partial charge on any atom is 0.263 e. The summed E-state index contributed by atoms with van der Waals surface area (Å²) in [5, 5.41) is 0. The molecule has 1 aliphatic heterocycles. The largest absolute Gasteiger partial charge is 0.271 e. The van der Waals surface area contributed by atoms with E-state index in [1.165, 1.54) is 38.5 Å². The van der Waals surface area contributed by atoms with Gasteiger partial charge in [-0.3, -0.25) is 14.5 Å². The molecule has 0 saturated carbocycles. The van der Waals surface area contributed by atoms with Crippen LogP contribution >= 0.6 is 56.5 Å². The molecule has 1 aliphatic rings. The molecule has 0 atom stereocenters. The molecule has 1 aromatic heterocycles. The van der Waals surface area contributed by atoms with Crippen LogP contribution in [0.3, 0.4) is 0 Å². The second kappa shape index (κ2) is 10.6. The van der Waals surface area contributed by atoms with E-state index in [9.17, 15) is 9.59 Å². The maximum absolute atomic E-state index is 13.0. The number of fused-ring (bicyclic) bond motifs is 1. The normalized spacial score (nSPS) is 14.0. The average molecular weight is 587 g/mol. The minimum atomic E-state index is -0.0560. The topological polar surface area (TPSA) is 37.4 Å². The van der Waals surface area contributed by atoms with Crippen molar-refractivity contribution >= 4 is 68.3 Å². The third-order valence-corrected chi connectivity index (χ3v) is 8.00. The van der Waals surface area contributed by atoms with Crippen LogP contribution in [0.1, 0.15) is 98.8 Å². The number of unbranched alkanes of at least 4 members (excludes halogenated alkanes) is 6. The highest BCUT2D eigenvalue weighted by atomic mass is 127. The Labute approximate surface area is 182 Å². The van der Waals surface area contributed by atoms with Crippen molar-refractivity contribution in [1.82, 2.24) is 4.90 Å². The van der Waals surface area contributed by atoms with Crippen molar-refractivity contribution in [2.24, 2.45) is 0 Å². The first kappa shape index (κ1) is 21.6. The zero-order chi connectivity index (χ0) is 18.4. The Morgan fingerprint density at radius 2 is 1.24 bits per heavy atom.